The van der Waals surface area contributed by atoms with E-state index in [9.17, 15) is 4.79 Å². The van der Waals surface area contributed by atoms with Crippen LogP contribution < -0.4 is 0 Å². The van der Waals surface area contributed by atoms with Gasteiger partial charge in [-0.05, 0) is 26.0 Å². The van der Waals surface area contributed by atoms with Gasteiger partial charge in [-0.25, -0.2) is 0 Å². The van der Waals surface area contributed by atoms with Gasteiger partial charge in [-0.15, -0.1) is 10.2 Å². The molecule has 0 radical (unpaired) electrons. The third-order valence-corrected chi connectivity index (χ3v) is 3.43. The molecule has 0 fully saturated rings. The fourth-order valence-corrected chi connectivity index (χ4v) is 2.15. The van der Waals surface area contributed by atoms with Gasteiger partial charge >= 0.3 is 5.97 Å². The first-order chi connectivity index (χ1) is 9.10. The summed E-state index contributed by atoms with van der Waals surface area (Å²) < 4.78 is 10.1. The maximum Gasteiger partial charge on any atom is 0.319 e. The van der Waals surface area contributed by atoms with Crippen molar-refractivity contribution in [2.75, 3.05) is 7.11 Å². The van der Waals surface area contributed by atoms with Gasteiger partial charge < -0.3 is 9.15 Å². The van der Waals surface area contributed by atoms with Gasteiger partial charge in [0.2, 0.25) is 5.89 Å². The lowest BCUT2D eigenvalue weighted by atomic mass is 10.1. The van der Waals surface area contributed by atoms with Gasteiger partial charge in [-0.3, -0.25) is 4.79 Å². The van der Waals surface area contributed by atoms with E-state index in [0.29, 0.717) is 11.1 Å². The van der Waals surface area contributed by atoms with Crippen LogP contribution in [-0.4, -0.2) is 28.5 Å². The van der Waals surface area contributed by atoms with E-state index in [1.165, 1.54) is 18.9 Å². The van der Waals surface area contributed by atoms with E-state index >= 15 is 0 Å². The molecule has 1 aromatic heterocycles. The number of aryl methyl sites for hydroxylation is 1. The van der Waals surface area contributed by atoms with Crippen LogP contribution in [-0.2, 0) is 9.53 Å². The number of esters is 1. The third kappa shape index (κ3) is 3.35. The number of rotatable bonds is 4. The van der Waals surface area contributed by atoms with Crippen LogP contribution in [0.4, 0.5) is 0 Å². The number of carbonyl (C=O) groups excluding carboxylic acids is 1. The summed E-state index contributed by atoms with van der Waals surface area (Å²) in [7, 11) is 1.35. The van der Waals surface area contributed by atoms with Crippen LogP contribution in [0, 0.1) is 6.92 Å². The zero-order chi connectivity index (χ0) is 13.8. The number of ether oxygens (including phenoxy) is 1. The first-order valence-electron chi connectivity index (χ1n) is 5.75. The summed E-state index contributed by atoms with van der Waals surface area (Å²) in [5.74, 6) is 0.125. The Hall–Kier alpha value is -1.82. The van der Waals surface area contributed by atoms with Crippen LogP contribution in [0.3, 0.4) is 0 Å². The molecule has 19 heavy (non-hydrogen) atoms. The van der Waals surface area contributed by atoms with Crippen molar-refractivity contribution in [1.82, 2.24) is 10.2 Å². The summed E-state index contributed by atoms with van der Waals surface area (Å²) in [4.78, 5) is 11.3. The highest BCUT2D eigenvalue weighted by Gasteiger charge is 2.18. The molecule has 2 aromatic rings. The zero-order valence-electron chi connectivity index (χ0n) is 10.9. The van der Waals surface area contributed by atoms with Crippen LogP contribution in [0.1, 0.15) is 12.5 Å². The number of aromatic nitrogens is 2. The second-order valence-corrected chi connectivity index (χ2v) is 5.31. The molecule has 0 aliphatic carbocycles. The Kier molecular flexibility index (Phi) is 4.21. The Labute approximate surface area is 115 Å². The topological polar surface area (TPSA) is 65.2 Å². The predicted octanol–water partition coefficient (Wildman–Crippen LogP) is 2.70. The van der Waals surface area contributed by atoms with Crippen molar-refractivity contribution in [1.29, 1.82) is 0 Å². The minimum atomic E-state index is -0.378. The van der Waals surface area contributed by atoms with Gasteiger partial charge in [0.25, 0.3) is 5.22 Å². The number of methoxy groups -OCH3 is 1. The van der Waals surface area contributed by atoms with Gasteiger partial charge in [-0.1, -0.05) is 29.5 Å². The van der Waals surface area contributed by atoms with E-state index in [-0.39, 0.29) is 11.2 Å². The standard InChI is InChI=1S/C13H14N2O3S/c1-8-4-6-10(7-5-8)11-14-15-13(18-11)19-9(2)12(16)17-3/h4-7,9H,1-3H3/t9-/m0/s1. The summed E-state index contributed by atoms with van der Waals surface area (Å²) in [6.45, 7) is 3.74. The number of carbonyl (C=O) groups is 1. The molecule has 6 heteroatoms. The van der Waals surface area contributed by atoms with Gasteiger partial charge in [0, 0.05) is 5.56 Å². The highest BCUT2D eigenvalue weighted by atomic mass is 32.2. The second-order valence-electron chi connectivity index (χ2n) is 4.02. The molecule has 0 aliphatic heterocycles. The van der Waals surface area contributed by atoms with Crippen molar-refractivity contribution in [3.8, 4) is 11.5 Å². The summed E-state index contributed by atoms with van der Waals surface area (Å²) in [6, 6.07) is 7.79. The first-order valence-corrected chi connectivity index (χ1v) is 6.63. The van der Waals surface area contributed by atoms with Crippen molar-refractivity contribution in [2.45, 2.75) is 24.3 Å². The van der Waals surface area contributed by atoms with Gasteiger partial charge in [0.05, 0.1) is 7.11 Å². The molecular formula is C13H14N2O3S. The fraction of sp³-hybridized carbons (Fsp3) is 0.308. The number of nitrogens with zero attached hydrogens (tertiary/aromatic N) is 2. The number of hydrogen-bond donors (Lipinski definition) is 0. The average molecular weight is 278 g/mol. The van der Waals surface area contributed by atoms with E-state index in [0.717, 1.165) is 11.1 Å². The van der Waals surface area contributed by atoms with Crippen molar-refractivity contribution in [3.63, 3.8) is 0 Å². The number of hydrogen-bond acceptors (Lipinski definition) is 6. The SMILES string of the molecule is COC(=O)[C@H](C)Sc1nnc(-c2ccc(C)cc2)o1. The lowest BCUT2D eigenvalue weighted by molar-refractivity contribution is -0.139. The minimum absolute atomic E-state index is 0.319. The molecule has 0 bridgehead atoms. The third-order valence-electron chi connectivity index (χ3n) is 2.52. The van der Waals surface area contributed by atoms with Crippen molar-refractivity contribution >= 4 is 17.7 Å². The molecule has 0 unspecified atom stereocenters. The number of thioether (sulfide) groups is 1. The van der Waals surface area contributed by atoms with Crippen molar-refractivity contribution < 1.29 is 13.9 Å². The van der Waals surface area contributed by atoms with Gasteiger partial charge in [0.15, 0.2) is 0 Å². The Bertz CT molecular complexity index is 566. The highest BCUT2D eigenvalue weighted by Crippen LogP contribution is 2.26. The van der Waals surface area contributed by atoms with E-state index in [4.69, 9.17) is 4.42 Å². The zero-order valence-corrected chi connectivity index (χ0v) is 11.7. The normalized spacial score (nSPS) is 12.2. The molecule has 1 atom stereocenters. The maximum absolute atomic E-state index is 11.3. The smallest absolute Gasteiger partial charge is 0.319 e. The molecule has 0 N–H and O–H groups in total. The van der Waals surface area contributed by atoms with Crippen LogP contribution in [0.25, 0.3) is 11.5 Å². The summed E-state index contributed by atoms with van der Waals surface area (Å²) >= 11 is 1.18. The van der Waals surface area contributed by atoms with Gasteiger partial charge in [0.1, 0.15) is 5.25 Å². The minimum Gasteiger partial charge on any atom is -0.468 e. The van der Waals surface area contributed by atoms with E-state index in [1.807, 2.05) is 31.2 Å². The van der Waals surface area contributed by atoms with Crippen molar-refractivity contribution in [2.24, 2.45) is 0 Å². The molecule has 0 aliphatic rings. The fourth-order valence-electron chi connectivity index (χ4n) is 1.44. The van der Waals surface area contributed by atoms with Crippen LogP contribution in [0.2, 0.25) is 0 Å². The van der Waals surface area contributed by atoms with E-state index < -0.39 is 0 Å². The van der Waals surface area contributed by atoms with Gasteiger partial charge in [-0.2, -0.15) is 0 Å². The summed E-state index contributed by atoms with van der Waals surface area (Å²) in [5, 5.41) is 7.85. The Morgan fingerprint density at radius 2 is 2.00 bits per heavy atom. The largest absolute Gasteiger partial charge is 0.468 e. The van der Waals surface area contributed by atoms with Crippen LogP contribution in [0.5, 0.6) is 0 Å². The first kappa shape index (κ1) is 13.6. The van der Waals surface area contributed by atoms with Crippen molar-refractivity contribution in [3.05, 3.63) is 29.8 Å². The molecule has 0 saturated carbocycles. The molecule has 0 spiro atoms. The van der Waals surface area contributed by atoms with E-state index in [2.05, 4.69) is 14.9 Å². The highest BCUT2D eigenvalue weighted by molar-refractivity contribution is 8.00. The lowest BCUT2D eigenvalue weighted by Gasteiger charge is -2.04. The molecule has 1 heterocycles. The summed E-state index contributed by atoms with van der Waals surface area (Å²) in [6.07, 6.45) is 0. The monoisotopic (exact) mass is 278 g/mol. The van der Waals surface area contributed by atoms with E-state index in [1.54, 1.807) is 6.92 Å². The average Bonchev–Trinajstić information content (AvgIpc) is 2.87. The van der Waals surface area contributed by atoms with Crippen LogP contribution in [0.15, 0.2) is 33.9 Å². The molecule has 1 aromatic carbocycles. The Morgan fingerprint density at radius 1 is 1.32 bits per heavy atom. The number of benzene rings is 1. The quantitative estimate of drug-likeness (QED) is 0.633. The van der Waals surface area contributed by atoms with Crippen LogP contribution >= 0.6 is 11.8 Å². The molecular weight excluding hydrogens is 264 g/mol. The molecule has 2 rings (SSSR count). The molecule has 0 saturated heterocycles. The Morgan fingerprint density at radius 3 is 2.63 bits per heavy atom. The Balaban J connectivity index is 2.11. The molecule has 5 nitrogen and oxygen atoms in total. The predicted molar refractivity (Wildman–Crippen MR) is 71.8 cm³/mol. The molecule has 100 valence electrons. The summed E-state index contributed by atoms with van der Waals surface area (Å²) in [5.41, 5.74) is 2.02. The second kappa shape index (κ2) is 5.88. The molecule has 0 amide bonds. The lowest BCUT2D eigenvalue weighted by Crippen LogP contribution is -2.14. The maximum atomic E-state index is 11.3.